The number of aromatic amines is 1. The minimum absolute atomic E-state index is 0.509. The van der Waals surface area contributed by atoms with Gasteiger partial charge in [-0.2, -0.15) is 0 Å². The fourth-order valence-corrected chi connectivity index (χ4v) is 2.59. The number of fused-ring (bicyclic) bond motifs is 1. The largest absolute Gasteiger partial charge is 0.384 e. The minimum Gasteiger partial charge on any atom is -0.384 e. The SMILES string of the molecule is CC(C)c1ccc(C(O)c2cccc3[nH]ccc23)cc1. The van der Waals surface area contributed by atoms with Crippen LogP contribution in [-0.2, 0) is 0 Å². The molecule has 2 nitrogen and oxygen atoms in total. The second-order valence-corrected chi connectivity index (χ2v) is 5.51. The molecule has 0 fully saturated rings. The zero-order valence-corrected chi connectivity index (χ0v) is 11.8. The first-order valence-electron chi connectivity index (χ1n) is 7.00. The lowest BCUT2D eigenvalue weighted by Crippen LogP contribution is -2.00. The van der Waals surface area contributed by atoms with Crippen LogP contribution in [0.5, 0.6) is 0 Å². The molecule has 3 aromatic rings. The highest BCUT2D eigenvalue weighted by molar-refractivity contribution is 5.83. The van der Waals surface area contributed by atoms with Gasteiger partial charge in [-0.1, -0.05) is 50.2 Å². The van der Waals surface area contributed by atoms with E-state index in [2.05, 4.69) is 31.0 Å². The van der Waals surface area contributed by atoms with Gasteiger partial charge in [-0.3, -0.25) is 0 Å². The standard InChI is InChI=1S/C18H19NO/c1-12(2)13-6-8-14(9-7-13)18(20)16-4-3-5-17-15(16)10-11-19-17/h3-12,18-20H,1-2H3. The van der Waals surface area contributed by atoms with Gasteiger partial charge in [0.2, 0.25) is 0 Å². The van der Waals surface area contributed by atoms with Crippen molar-refractivity contribution in [3.05, 3.63) is 71.4 Å². The van der Waals surface area contributed by atoms with Crippen molar-refractivity contribution < 1.29 is 5.11 Å². The monoisotopic (exact) mass is 265 g/mol. The highest BCUT2D eigenvalue weighted by atomic mass is 16.3. The van der Waals surface area contributed by atoms with Crippen LogP contribution < -0.4 is 0 Å². The normalized spacial score (nSPS) is 13.0. The van der Waals surface area contributed by atoms with E-state index in [-0.39, 0.29) is 0 Å². The average molecular weight is 265 g/mol. The van der Waals surface area contributed by atoms with Gasteiger partial charge in [-0.15, -0.1) is 0 Å². The fraction of sp³-hybridized carbons (Fsp3) is 0.222. The molecule has 2 aromatic carbocycles. The molecule has 0 aliphatic heterocycles. The summed E-state index contributed by atoms with van der Waals surface area (Å²) in [6.45, 7) is 4.35. The summed E-state index contributed by atoms with van der Waals surface area (Å²) in [4.78, 5) is 3.18. The number of hydrogen-bond donors (Lipinski definition) is 2. The highest BCUT2D eigenvalue weighted by Gasteiger charge is 2.14. The lowest BCUT2D eigenvalue weighted by molar-refractivity contribution is 0.222. The van der Waals surface area contributed by atoms with Crippen LogP contribution in [0.1, 0.15) is 42.6 Å². The van der Waals surface area contributed by atoms with Crippen LogP contribution in [0.4, 0.5) is 0 Å². The number of aliphatic hydroxyl groups is 1. The van der Waals surface area contributed by atoms with Gasteiger partial charge in [0, 0.05) is 17.1 Å². The van der Waals surface area contributed by atoms with Gasteiger partial charge in [0.25, 0.3) is 0 Å². The van der Waals surface area contributed by atoms with Crippen molar-refractivity contribution in [3.8, 4) is 0 Å². The Morgan fingerprint density at radius 1 is 0.900 bits per heavy atom. The summed E-state index contributed by atoms with van der Waals surface area (Å²) in [6.07, 6.45) is 1.32. The van der Waals surface area contributed by atoms with E-state index in [0.717, 1.165) is 22.0 Å². The first-order valence-corrected chi connectivity index (χ1v) is 7.00. The van der Waals surface area contributed by atoms with Crippen LogP contribution in [0.3, 0.4) is 0 Å². The zero-order chi connectivity index (χ0) is 14.1. The molecule has 0 saturated carbocycles. The van der Waals surface area contributed by atoms with E-state index >= 15 is 0 Å². The Hall–Kier alpha value is -2.06. The van der Waals surface area contributed by atoms with Gasteiger partial charge < -0.3 is 10.1 Å². The first-order chi connectivity index (χ1) is 9.66. The summed E-state index contributed by atoms with van der Waals surface area (Å²) in [6, 6.07) is 16.2. The van der Waals surface area contributed by atoms with E-state index in [4.69, 9.17) is 0 Å². The number of aromatic nitrogens is 1. The first kappa shape index (κ1) is 12.9. The lowest BCUT2D eigenvalue weighted by atomic mass is 9.95. The van der Waals surface area contributed by atoms with Crippen molar-refractivity contribution in [2.75, 3.05) is 0 Å². The number of hydrogen-bond acceptors (Lipinski definition) is 1. The lowest BCUT2D eigenvalue weighted by Gasteiger charge is -2.14. The molecule has 1 aromatic heterocycles. The third-order valence-corrected chi connectivity index (χ3v) is 3.84. The number of nitrogens with one attached hydrogen (secondary N) is 1. The van der Waals surface area contributed by atoms with E-state index in [0.29, 0.717) is 5.92 Å². The van der Waals surface area contributed by atoms with Crippen LogP contribution in [0.25, 0.3) is 10.9 Å². The maximum atomic E-state index is 10.6. The van der Waals surface area contributed by atoms with Gasteiger partial charge in [0.05, 0.1) is 0 Å². The number of aliphatic hydroxyl groups excluding tert-OH is 1. The van der Waals surface area contributed by atoms with Crippen LogP contribution >= 0.6 is 0 Å². The highest BCUT2D eigenvalue weighted by Crippen LogP contribution is 2.29. The summed E-state index contributed by atoms with van der Waals surface area (Å²) in [5, 5.41) is 11.7. The van der Waals surface area contributed by atoms with Gasteiger partial charge in [0.1, 0.15) is 6.10 Å². The third kappa shape index (κ3) is 2.23. The van der Waals surface area contributed by atoms with Crippen molar-refractivity contribution in [3.63, 3.8) is 0 Å². The quantitative estimate of drug-likeness (QED) is 0.724. The molecule has 1 unspecified atom stereocenters. The second-order valence-electron chi connectivity index (χ2n) is 5.51. The molecule has 2 heteroatoms. The predicted molar refractivity (Wildman–Crippen MR) is 82.9 cm³/mol. The van der Waals surface area contributed by atoms with Crippen LogP contribution in [0.15, 0.2) is 54.7 Å². The summed E-state index contributed by atoms with van der Waals surface area (Å²) in [5.74, 6) is 0.509. The molecule has 0 radical (unpaired) electrons. The van der Waals surface area contributed by atoms with Gasteiger partial charge in [-0.05, 0) is 34.7 Å². The van der Waals surface area contributed by atoms with E-state index in [1.54, 1.807) is 0 Å². The van der Waals surface area contributed by atoms with Crippen LogP contribution in [0, 0.1) is 0 Å². The molecule has 2 N–H and O–H groups in total. The smallest absolute Gasteiger partial charge is 0.105 e. The molecule has 0 aliphatic carbocycles. The molecule has 0 bridgehead atoms. The maximum Gasteiger partial charge on any atom is 0.105 e. The molecule has 20 heavy (non-hydrogen) atoms. The molecule has 0 aliphatic rings. The summed E-state index contributed by atoms with van der Waals surface area (Å²) in [5.41, 5.74) is 4.23. The Morgan fingerprint density at radius 2 is 1.60 bits per heavy atom. The molecule has 0 saturated heterocycles. The Bertz CT molecular complexity index is 710. The van der Waals surface area contributed by atoms with E-state index in [9.17, 15) is 5.11 Å². The molecule has 3 rings (SSSR count). The molecular formula is C18H19NO. The predicted octanol–water partition coefficient (Wildman–Crippen LogP) is 4.37. The summed E-state index contributed by atoms with van der Waals surface area (Å²) < 4.78 is 0. The third-order valence-electron chi connectivity index (χ3n) is 3.84. The topological polar surface area (TPSA) is 36.0 Å². The van der Waals surface area contributed by atoms with E-state index in [1.165, 1.54) is 5.56 Å². The molecule has 1 heterocycles. The zero-order valence-electron chi connectivity index (χ0n) is 11.8. The minimum atomic E-state index is -0.587. The molecule has 102 valence electrons. The maximum absolute atomic E-state index is 10.6. The van der Waals surface area contributed by atoms with Gasteiger partial charge >= 0.3 is 0 Å². The summed E-state index contributed by atoms with van der Waals surface area (Å²) in [7, 11) is 0. The molecule has 0 amide bonds. The molecular weight excluding hydrogens is 246 g/mol. The molecule has 1 atom stereocenters. The number of H-pyrrole nitrogens is 1. The summed E-state index contributed by atoms with van der Waals surface area (Å²) >= 11 is 0. The Balaban J connectivity index is 1.99. The van der Waals surface area contributed by atoms with Crippen molar-refractivity contribution in [2.24, 2.45) is 0 Å². The Kier molecular flexibility index (Phi) is 3.33. The van der Waals surface area contributed by atoms with Crippen molar-refractivity contribution in [2.45, 2.75) is 25.9 Å². The van der Waals surface area contributed by atoms with Gasteiger partial charge in [0.15, 0.2) is 0 Å². The van der Waals surface area contributed by atoms with Crippen LogP contribution in [-0.4, -0.2) is 10.1 Å². The fourth-order valence-electron chi connectivity index (χ4n) is 2.59. The molecule has 0 spiro atoms. The van der Waals surface area contributed by atoms with Gasteiger partial charge in [-0.25, -0.2) is 0 Å². The van der Waals surface area contributed by atoms with Crippen molar-refractivity contribution >= 4 is 10.9 Å². The van der Waals surface area contributed by atoms with Crippen LogP contribution in [0.2, 0.25) is 0 Å². The number of rotatable bonds is 3. The second kappa shape index (κ2) is 5.14. The van der Waals surface area contributed by atoms with E-state index in [1.807, 2.05) is 42.6 Å². The number of benzene rings is 2. The van der Waals surface area contributed by atoms with E-state index < -0.39 is 6.10 Å². The van der Waals surface area contributed by atoms with Crippen molar-refractivity contribution in [1.29, 1.82) is 0 Å². The average Bonchev–Trinajstić information content (AvgIpc) is 2.95. The Morgan fingerprint density at radius 3 is 2.30 bits per heavy atom. The Labute approximate surface area is 119 Å². The van der Waals surface area contributed by atoms with Crippen molar-refractivity contribution in [1.82, 2.24) is 4.98 Å².